The van der Waals surface area contributed by atoms with Crippen molar-refractivity contribution in [2.45, 2.75) is 19.4 Å². The van der Waals surface area contributed by atoms with E-state index in [1.54, 1.807) is 25.5 Å². The van der Waals surface area contributed by atoms with Crippen LogP contribution in [0, 0.1) is 5.92 Å². The van der Waals surface area contributed by atoms with Crippen LogP contribution < -0.4 is 25.6 Å². The summed E-state index contributed by atoms with van der Waals surface area (Å²) >= 11 is 12.6. The van der Waals surface area contributed by atoms with Gasteiger partial charge in [0.2, 0.25) is 11.8 Å². The Morgan fingerprint density at radius 3 is 2.40 bits per heavy atom. The van der Waals surface area contributed by atoms with E-state index < -0.39 is 0 Å². The molecule has 212 valence electrons. The van der Waals surface area contributed by atoms with Gasteiger partial charge < -0.3 is 25.6 Å². The second-order valence-corrected chi connectivity index (χ2v) is 11.0. The van der Waals surface area contributed by atoms with Crippen molar-refractivity contribution in [2.24, 2.45) is 5.92 Å². The average molecular weight is 586 g/mol. The number of pyridine rings is 1. The van der Waals surface area contributed by atoms with Crippen molar-refractivity contribution >= 4 is 35.2 Å². The fourth-order valence-electron chi connectivity index (χ4n) is 5.00. The molecule has 0 bridgehead atoms. The molecule has 0 unspecified atom stereocenters. The summed E-state index contributed by atoms with van der Waals surface area (Å²) in [5.41, 5.74) is 2.60. The molecule has 3 N–H and O–H groups in total. The Balaban J connectivity index is 1.31. The standard InChI is InChI=1S/C28H34Cl2N8O2/c1-31-28(39)35-15-19-2-6-37(7-3-19)18-20-10-25(21-12-22(29)14-23(30)13-21)36-26(11-20)40-24-16-33-27(34-17-24)38-8-4-32-5-9-38/h10-14,16-17,19,32H,2-9,15,18H2,1H3,(H2,31,35,39). The van der Waals surface area contributed by atoms with Crippen LogP contribution in [-0.2, 0) is 6.54 Å². The van der Waals surface area contributed by atoms with E-state index in [0.717, 1.165) is 75.5 Å². The molecular formula is C28H34Cl2N8O2. The summed E-state index contributed by atoms with van der Waals surface area (Å²) in [5, 5.41) is 9.95. The number of nitrogens with zero attached hydrogens (tertiary/aromatic N) is 5. The van der Waals surface area contributed by atoms with Gasteiger partial charge in [-0.05, 0) is 61.7 Å². The number of benzene rings is 1. The van der Waals surface area contributed by atoms with E-state index in [9.17, 15) is 4.79 Å². The van der Waals surface area contributed by atoms with Crippen molar-refractivity contribution in [2.75, 3.05) is 57.8 Å². The largest absolute Gasteiger partial charge is 0.436 e. The minimum absolute atomic E-state index is 0.135. The molecule has 2 amide bonds. The highest BCUT2D eigenvalue weighted by molar-refractivity contribution is 6.35. The molecule has 2 aliphatic rings. The number of carbonyl (C=O) groups is 1. The summed E-state index contributed by atoms with van der Waals surface area (Å²) in [5.74, 6) is 2.13. The third-order valence-electron chi connectivity index (χ3n) is 7.15. The number of aromatic nitrogens is 3. The number of urea groups is 1. The Labute approximate surface area is 244 Å². The molecule has 4 heterocycles. The first-order chi connectivity index (χ1) is 19.4. The summed E-state index contributed by atoms with van der Waals surface area (Å²) in [4.78, 5) is 29.9. The van der Waals surface area contributed by atoms with Crippen molar-refractivity contribution < 1.29 is 9.53 Å². The van der Waals surface area contributed by atoms with Gasteiger partial charge in [-0.25, -0.2) is 19.7 Å². The number of hydrogen-bond acceptors (Lipinski definition) is 8. The Kier molecular flexibility index (Phi) is 9.53. The molecule has 0 radical (unpaired) electrons. The van der Waals surface area contributed by atoms with Crippen LogP contribution in [0.4, 0.5) is 10.7 Å². The molecule has 2 fully saturated rings. The Hall–Kier alpha value is -3.18. The van der Waals surface area contributed by atoms with Crippen molar-refractivity contribution in [1.82, 2.24) is 35.8 Å². The third-order valence-corrected chi connectivity index (χ3v) is 7.58. The van der Waals surface area contributed by atoms with Gasteiger partial charge in [-0.15, -0.1) is 0 Å². The lowest BCUT2D eigenvalue weighted by molar-refractivity contribution is 0.175. The van der Waals surface area contributed by atoms with Gasteiger partial charge >= 0.3 is 6.03 Å². The van der Waals surface area contributed by atoms with Crippen molar-refractivity contribution in [3.8, 4) is 22.9 Å². The van der Waals surface area contributed by atoms with Crippen LogP contribution in [0.3, 0.4) is 0 Å². The number of likely N-dealkylation sites (tertiary alicyclic amines) is 1. The molecule has 0 aliphatic carbocycles. The van der Waals surface area contributed by atoms with Gasteiger partial charge in [0.1, 0.15) is 0 Å². The fourth-order valence-corrected chi connectivity index (χ4v) is 5.52. The zero-order valence-electron chi connectivity index (χ0n) is 22.5. The average Bonchev–Trinajstić information content (AvgIpc) is 2.97. The quantitative estimate of drug-likeness (QED) is 0.362. The first kappa shape index (κ1) is 28.4. The van der Waals surface area contributed by atoms with E-state index in [1.165, 1.54) is 0 Å². The van der Waals surface area contributed by atoms with Gasteiger partial charge in [-0.2, -0.15) is 0 Å². The van der Waals surface area contributed by atoms with Gasteiger partial charge in [0.05, 0.1) is 18.1 Å². The molecule has 2 aromatic heterocycles. The SMILES string of the molecule is CNC(=O)NCC1CCN(Cc2cc(Oc3cnc(N4CCNCC4)nc3)nc(-c3cc(Cl)cc(Cl)c3)c2)CC1. The number of piperazine rings is 1. The van der Waals surface area contributed by atoms with Crippen LogP contribution in [0.15, 0.2) is 42.7 Å². The van der Waals surface area contributed by atoms with Crippen LogP contribution in [0.25, 0.3) is 11.3 Å². The third kappa shape index (κ3) is 7.72. The van der Waals surface area contributed by atoms with Gasteiger partial charge in [0.15, 0.2) is 5.75 Å². The van der Waals surface area contributed by atoms with Gasteiger partial charge in [0, 0.05) is 68.0 Å². The maximum atomic E-state index is 11.5. The van der Waals surface area contributed by atoms with Gasteiger partial charge in [-0.1, -0.05) is 23.2 Å². The number of nitrogens with one attached hydrogen (secondary N) is 3. The van der Waals surface area contributed by atoms with Crippen molar-refractivity contribution in [3.63, 3.8) is 0 Å². The lowest BCUT2D eigenvalue weighted by Gasteiger charge is -2.32. The number of hydrogen-bond donors (Lipinski definition) is 3. The van der Waals surface area contributed by atoms with E-state index in [1.807, 2.05) is 18.2 Å². The van der Waals surface area contributed by atoms with Crippen LogP contribution >= 0.6 is 23.2 Å². The van der Waals surface area contributed by atoms with E-state index in [0.29, 0.717) is 40.1 Å². The minimum atomic E-state index is -0.135. The van der Waals surface area contributed by atoms with E-state index in [-0.39, 0.29) is 6.03 Å². The maximum absolute atomic E-state index is 11.5. The van der Waals surface area contributed by atoms with Crippen LogP contribution in [-0.4, -0.2) is 78.7 Å². The molecule has 1 aromatic carbocycles. The molecule has 10 nitrogen and oxygen atoms in total. The number of carbonyl (C=O) groups excluding carboxylic acids is 1. The van der Waals surface area contributed by atoms with E-state index in [4.69, 9.17) is 32.9 Å². The predicted octanol–water partition coefficient (Wildman–Crippen LogP) is 4.19. The van der Waals surface area contributed by atoms with Crippen LogP contribution in [0.1, 0.15) is 18.4 Å². The number of rotatable bonds is 8. The maximum Gasteiger partial charge on any atom is 0.314 e. The molecule has 0 saturated carbocycles. The Morgan fingerprint density at radius 2 is 1.73 bits per heavy atom. The molecule has 5 rings (SSSR count). The summed E-state index contributed by atoms with van der Waals surface area (Å²) in [6.07, 6.45) is 5.41. The molecule has 0 spiro atoms. The van der Waals surface area contributed by atoms with Crippen molar-refractivity contribution in [3.05, 3.63) is 58.3 Å². The smallest absolute Gasteiger partial charge is 0.314 e. The minimum Gasteiger partial charge on any atom is -0.436 e. The first-order valence-corrected chi connectivity index (χ1v) is 14.3. The summed E-state index contributed by atoms with van der Waals surface area (Å²) in [7, 11) is 1.63. The second-order valence-electron chi connectivity index (χ2n) is 10.1. The van der Waals surface area contributed by atoms with E-state index >= 15 is 0 Å². The summed E-state index contributed by atoms with van der Waals surface area (Å²) < 4.78 is 6.16. The van der Waals surface area contributed by atoms with Crippen molar-refractivity contribution in [1.29, 1.82) is 0 Å². The summed E-state index contributed by atoms with van der Waals surface area (Å²) in [6.45, 7) is 6.90. The highest BCUT2D eigenvalue weighted by Gasteiger charge is 2.21. The number of anilines is 1. The number of ether oxygens (including phenoxy) is 1. The zero-order valence-corrected chi connectivity index (χ0v) is 24.0. The highest BCUT2D eigenvalue weighted by atomic mass is 35.5. The fraction of sp³-hybridized carbons (Fsp3) is 0.429. The lowest BCUT2D eigenvalue weighted by atomic mass is 9.96. The number of halogens is 2. The lowest BCUT2D eigenvalue weighted by Crippen LogP contribution is -2.44. The molecule has 2 saturated heterocycles. The van der Waals surface area contributed by atoms with Gasteiger partial charge in [0.25, 0.3) is 0 Å². The Bertz CT molecular complexity index is 1280. The monoisotopic (exact) mass is 584 g/mol. The van der Waals surface area contributed by atoms with Crippen LogP contribution in [0.2, 0.25) is 10.0 Å². The Morgan fingerprint density at radius 1 is 1.02 bits per heavy atom. The molecule has 12 heteroatoms. The van der Waals surface area contributed by atoms with Crippen LogP contribution in [0.5, 0.6) is 11.6 Å². The highest BCUT2D eigenvalue weighted by Crippen LogP contribution is 2.31. The van der Waals surface area contributed by atoms with Gasteiger partial charge in [-0.3, -0.25) is 4.90 Å². The zero-order chi connectivity index (χ0) is 27.9. The predicted molar refractivity (Wildman–Crippen MR) is 157 cm³/mol. The molecule has 40 heavy (non-hydrogen) atoms. The topological polar surface area (TPSA) is 108 Å². The number of piperidine rings is 1. The van der Waals surface area contributed by atoms with E-state index in [2.05, 4.69) is 41.8 Å². The first-order valence-electron chi connectivity index (χ1n) is 13.6. The normalized spacial score (nSPS) is 16.5. The molecule has 0 atom stereocenters. The molecule has 2 aliphatic heterocycles. The molecular weight excluding hydrogens is 551 g/mol. The second kappa shape index (κ2) is 13.5. The number of amides is 2. The summed E-state index contributed by atoms with van der Waals surface area (Å²) in [6, 6.07) is 9.27. The molecule has 3 aromatic rings.